The molecule has 2 aromatic rings. The van der Waals surface area contributed by atoms with Crippen molar-refractivity contribution in [3.63, 3.8) is 0 Å². The first-order chi connectivity index (χ1) is 11.9. The molecule has 0 radical (unpaired) electrons. The molecule has 0 heterocycles. The van der Waals surface area contributed by atoms with Crippen molar-refractivity contribution in [3.05, 3.63) is 58.1 Å². The van der Waals surface area contributed by atoms with Crippen LogP contribution < -0.4 is 20.9 Å². The number of para-hydroxylation sites is 1. The van der Waals surface area contributed by atoms with Crippen LogP contribution in [0.1, 0.15) is 16.7 Å². The number of thiocarbonyl (C=S) groups is 1. The van der Waals surface area contributed by atoms with Crippen molar-refractivity contribution in [1.29, 1.82) is 0 Å². The lowest BCUT2D eigenvalue weighted by atomic mass is 10.1. The lowest BCUT2D eigenvalue weighted by Crippen LogP contribution is -2.45. The minimum absolute atomic E-state index is 0.113. The molecule has 0 unspecified atom stereocenters. The van der Waals surface area contributed by atoms with E-state index in [9.17, 15) is 4.79 Å². The molecular weight excluding hydrogens is 358 g/mol. The van der Waals surface area contributed by atoms with Crippen LogP contribution in [0.4, 0.5) is 5.69 Å². The van der Waals surface area contributed by atoms with Crippen LogP contribution in [0.5, 0.6) is 5.75 Å². The summed E-state index contributed by atoms with van der Waals surface area (Å²) >= 11 is 11.2. The molecule has 2 rings (SSSR count). The van der Waals surface area contributed by atoms with Gasteiger partial charge in [-0.3, -0.25) is 15.6 Å². The number of rotatable bonds is 4. The zero-order valence-corrected chi connectivity index (χ0v) is 15.8. The molecule has 0 aliphatic carbocycles. The Morgan fingerprint density at radius 3 is 2.40 bits per heavy atom. The Morgan fingerprint density at radius 2 is 1.76 bits per heavy atom. The van der Waals surface area contributed by atoms with Crippen molar-refractivity contribution in [2.24, 2.45) is 0 Å². The van der Waals surface area contributed by atoms with E-state index in [2.05, 4.69) is 16.2 Å². The number of hydrogen-bond acceptors (Lipinski definition) is 3. The van der Waals surface area contributed by atoms with E-state index in [4.69, 9.17) is 28.6 Å². The molecule has 3 N–H and O–H groups in total. The zero-order chi connectivity index (χ0) is 18.4. The van der Waals surface area contributed by atoms with E-state index in [1.807, 2.05) is 51.1 Å². The maximum atomic E-state index is 11.9. The molecule has 2 aromatic carbocycles. The third-order valence-corrected chi connectivity index (χ3v) is 4.11. The molecule has 0 saturated heterocycles. The summed E-state index contributed by atoms with van der Waals surface area (Å²) in [6.45, 7) is 5.67. The predicted molar refractivity (Wildman–Crippen MR) is 105 cm³/mol. The van der Waals surface area contributed by atoms with E-state index >= 15 is 0 Å². The van der Waals surface area contributed by atoms with Gasteiger partial charge in [0.1, 0.15) is 5.75 Å². The second-order valence-corrected chi connectivity index (χ2v) is 6.42. The zero-order valence-electron chi connectivity index (χ0n) is 14.3. The highest BCUT2D eigenvalue weighted by Gasteiger charge is 2.08. The summed E-state index contributed by atoms with van der Waals surface area (Å²) in [4.78, 5) is 11.9. The largest absolute Gasteiger partial charge is 0.483 e. The average Bonchev–Trinajstić information content (AvgIpc) is 2.56. The molecular formula is C18H20ClN3O2S. The third kappa shape index (κ3) is 5.62. The first-order valence-corrected chi connectivity index (χ1v) is 8.46. The summed E-state index contributed by atoms with van der Waals surface area (Å²) < 4.78 is 5.58. The topological polar surface area (TPSA) is 62.4 Å². The Morgan fingerprint density at radius 1 is 1.08 bits per heavy atom. The molecule has 0 bridgehead atoms. The van der Waals surface area contributed by atoms with Gasteiger partial charge in [-0.15, -0.1) is 0 Å². The number of carbonyl (C=O) groups excluding carboxylic acids is 1. The van der Waals surface area contributed by atoms with E-state index < -0.39 is 0 Å². The van der Waals surface area contributed by atoms with Crippen LogP contribution in [0.2, 0.25) is 5.02 Å². The standard InChI is InChI=1S/C18H20ClN3O2S/c1-11-7-8-14(9-15(11)19)20-18(25)22-21-16(23)10-24-17-12(2)5-4-6-13(17)3/h4-9H,10H2,1-3H3,(H,21,23)(H2,20,22,25). The Hall–Kier alpha value is -2.31. The average molecular weight is 378 g/mol. The molecule has 0 fully saturated rings. The lowest BCUT2D eigenvalue weighted by Gasteiger charge is -2.14. The van der Waals surface area contributed by atoms with Gasteiger partial charge in [0, 0.05) is 10.7 Å². The first kappa shape index (κ1) is 19.0. The molecule has 0 aliphatic rings. The number of hydrogen-bond donors (Lipinski definition) is 3. The van der Waals surface area contributed by atoms with Gasteiger partial charge in [-0.25, -0.2) is 0 Å². The number of nitrogens with one attached hydrogen (secondary N) is 3. The number of halogens is 1. The number of ether oxygens (including phenoxy) is 1. The van der Waals surface area contributed by atoms with Crippen molar-refractivity contribution in [2.75, 3.05) is 11.9 Å². The van der Waals surface area contributed by atoms with E-state index in [1.54, 1.807) is 6.07 Å². The summed E-state index contributed by atoms with van der Waals surface area (Å²) in [6, 6.07) is 11.3. The van der Waals surface area contributed by atoms with Gasteiger partial charge in [-0.1, -0.05) is 35.9 Å². The van der Waals surface area contributed by atoms with Crippen LogP contribution >= 0.6 is 23.8 Å². The minimum Gasteiger partial charge on any atom is -0.483 e. The maximum Gasteiger partial charge on any atom is 0.276 e. The molecule has 0 aliphatic heterocycles. The number of benzene rings is 2. The van der Waals surface area contributed by atoms with Gasteiger partial charge >= 0.3 is 0 Å². The molecule has 0 aromatic heterocycles. The highest BCUT2D eigenvalue weighted by Crippen LogP contribution is 2.22. The van der Waals surface area contributed by atoms with Crippen LogP contribution in [0.3, 0.4) is 0 Å². The number of aryl methyl sites for hydroxylation is 3. The Bertz CT molecular complexity index is 776. The molecule has 1 amide bonds. The van der Waals surface area contributed by atoms with Crippen LogP contribution in [-0.4, -0.2) is 17.6 Å². The Balaban J connectivity index is 1.79. The van der Waals surface area contributed by atoms with Crippen molar-refractivity contribution in [1.82, 2.24) is 10.9 Å². The monoisotopic (exact) mass is 377 g/mol. The Labute approximate surface area is 157 Å². The van der Waals surface area contributed by atoms with Crippen LogP contribution in [0, 0.1) is 20.8 Å². The van der Waals surface area contributed by atoms with E-state index in [0.29, 0.717) is 10.8 Å². The number of anilines is 1. The highest BCUT2D eigenvalue weighted by atomic mass is 35.5. The van der Waals surface area contributed by atoms with E-state index in [0.717, 1.165) is 22.4 Å². The van der Waals surface area contributed by atoms with Crippen molar-refractivity contribution in [3.8, 4) is 5.75 Å². The molecule has 0 spiro atoms. The fourth-order valence-corrected chi connectivity index (χ4v) is 2.51. The summed E-state index contributed by atoms with van der Waals surface area (Å²) in [7, 11) is 0. The van der Waals surface area contributed by atoms with Crippen molar-refractivity contribution < 1.29 is 9.53 Å². The molecule has 0 saturated carbocycles. The smallest absolute Gasteiger partial charge is 0.276 e. The van der Waals surface area contributed by atoms with Crippen molar-refractivity contribution in [2.45, 2.75) is 20.8 Å². The SMILES string of the molecule is Cc1ccc(NC(=S)NNC(=O)COc2c(C)cccc2C)cc1Cl. The fraction of sp³-hybridized carbons (Fsp3) is 0.222. The first-order valence-electron chi connectivity index (χ1n) is 7.68. The van der Waals surface area contributed by atoms with Gasteiger partial charge < -0.3 is 10.1 Å². The van der Waals surface area contributed by atoms with Gasteiger partial charge in [0.25, 0.3) is 5.91 Å². The Kier molecular flexibility index (Phi) is 6.61. The second-order valence-electron chi connectivity index (χ2n) is 5.60. The molecule has 0 atom stereocenters. The second kappa shape index (κ2) is 8.69. The van der Waals surface area contributed by atoms with Crippen LogP contribution in [0.25, 0.3) is 0 Å². The van der Waals surface area contributed by atoms with Gasteiger partial charge in [0.05, 0.1) is 0 Å². The van der Waals surface area contributed by atoms with Crippen LogP contribution in [0.15, 0.2) is 36.4 Å². The fourth-order valence-electron chi connectivity index (χ4n) is 2.16. The normalized spacial score (nSPS) is 10.1. The molecule has 132 valence electrons. The van der Waals surface area contributed by atoms with Crippen molar-refractivity contribution >= 4 is 40.5 Å². The van der Waals surface area contributed by atoms with Gasteiger partial charge in [-0.05, 0) is 61.8 Å². The quantitative estimate of drug-likeness (QED) is 0.560. The molecule has 7 heteroatoms. The van der Waals surface area contributed by atoms with Gasteiger partial charge in [0.2, 0.25) is 0 Å². The summed E-state index contributed by atoms with van der Waals surface area (Å²) in [6.07, 6.45) is 0. The number of hydrazine groups is 1. The minimum atomic E-state index is -0.339. The maximum absolute atomic E-state index is 11.9. The summed E-state index contributed by atoms with van der Waals surface area (Å²) in [5.41, 5.74) is 8.78. The van der Waals surface area contributed by atoms with Gasteiger partial charge in [-0.2, -0.15) is 0 Å². The van der Waals surface area contributed by atoms with E-state index in [-0.39, 0.29) is 17.6 Å². The third-order valence-electron chi connectivity index (χ3n) is 3.50. The summed E-state index contributed by atoms with van der Waals surface area (Å²) in [5.74, 6) is 0.376. The lowest BCUT2D eigenvalue weighted by molar-refractivity contribution is -0.123. The highest BCUT2D eigenvalue weighted by molar-refractivity contribution is 7.80. The summed E-state index contributed by atoms with van der Waals surface area (Å²) in [5, 5.41) is 3.83. The van der Waals surface area contributed by atoms with Crippen LogP contribution in [-0.2, 0) is 4.79 Å². The van der Waals surface area contributed by atoms with Gasteiger partial charge in [0.15, 0.2) is 11.7 Å². The number of carbonyl (C=O) groups is 1. The predicted octanol–water partition coefficient (Wildman–Crippen LogP) is 3.66. The molecule has 5 nitrogen and oxygen atoms in total. The van der Waals surface area contributed by atoms with E-state index in [1.165, 1.54) is 0 Å². The molecule has 25 heavy (non-hydrogen) atoms. The number of amides is 1.